The average Bonchev–Trinajstić information content (AvgIpc) is 2.48. The van der Waals surface area contributed by atoms with Gasteiger partial charge in [-0.05, 0) is 30.3 Å². The van der Waals surface area contributed by atoms with Crippen LogP contribution >= 0.6 is 0 Å². The Labute approximate surface area is 118 Å². The van der Waals surface area contributed by atoms with Crippen molar-refractivity contribution in [1.82, 2.24) is 0 Å². The first-order chi connectivity index (χ1) is 10.0. The monoisotopic (exact) mass is 291 g/mol. The van der Waals surface area contributed by atoms with Crippen LogP contribution in [0, 0.1) is 15.9 Å². The molecule has 0 fully saturated rings. The van der Waals surface area contributed by atoms with Gasteiger partial charge in [0.25, 0.3) is 0 Å². The van der Waals surface area contributed by atoms with E-state index >= 15 is 0 Å². The molecular formula is C14H10FNO5. The van der Waals surface area contributed by atoms with E-state index in [9.17, 15) is 19.3 Å². The average molecular weight is 291 g/mol. The smallest absolute Gasteiger partial charge is 0.337 e. The lowest BCUT2D eigenvalue weighted by molar-refractivity contribution is -0.385. The summed E-state index contributed by atoms with van der Waals surface area (Å²) in [6.07, 6.45) is 0. The Hall–Kier alpha value is -2.96. The summed E-state index contributed by atoms with van der Waals surface area (Å²) in [5.41, 5.74) is -0.202. The molecule has 0 aliphatic carbocycles. The van der Waals surface area contributed by atoms with Gasteiger partial charge in [0, 0.05) is 12.1 Å². The molecule has 0 radical (unpaired) electrons. The van der Waals surface area contributed by atoms with Crippen LogP contribution in [0.5, 0.6) is 11.5 Å². The second-order valence-corrected chi connectivity index (χ2v) is 3.99. The second kappa shape index (κ2) is 6.00. The molecule has 2 rings (SSSR count). The molecule has 2 aromatic rings. The number of benzene rings is 2. The summed E-state index contributed by atoms with van der Waals surface area (Å²) < 4.78 is 22.7. The molecule has 0 unspecified atom stereocenters. The van der Waals surface area contributed by atoms with Crippen LogP contribution in [0.15, 0.2) is 42.5 Å². The molecule has 0 N–H and O–H groups in total. The highest BCUT2D eigenvalue weighted by Crippen LogP contribution is 2.32. The first-order valence-electron chi connectivity index (χ1n) is 5.81. The van der Waals surface area contributed by atoms with E-state index in [4.69, 9.17) is 4.74 Å². The van der Waals surface area contributed by atoms with Crippen LogP contribution in [-0.4, -0.2) is 18.0 Å². The summed E-state index contributed by atoms with van der Waals surface area (Å²) >= 11 is 0. The van der Waals surface area contributed by atoms with Crippen molar-refractivity contribution < 1.29 is 23.6 Å². The number of nitrogens with zero attached hydrogens (tertiary/aromatic N) is 1. The van der Waals surface area contributed by atoms with Crippen molar-refractivity contribution in [2.45, 2.75) is 0 Å². The zero-order chi connectivity index (χ0) is 15.4. The second-order valence-electron chi connectivity index (χ2n) is 3.99. The Bertz CT molecular complexity index is 684. The lowest BCUT2D eigenvalue weighted by Crippen LogP contribution is -2.02. The molecule has 7 heteroatoms. The zero-order valence-electron chi connectivity index (χ0n) is 10.9. The highest BCUT2D eigenvalue weighted by molar-refractivity contribution is 5.90. The molecule has 0 amide bonds. The largest absolute Gasteiger partial charge is 0.465 e. The standard InChI is InChI=1S/C14H10FNO5/c1-20-14(17)9-2-7-12(16(18)19)13(8-9)21-11-5-3-10(15)4-6-11/h2-8H,1H3. The van der Waals surface area contributed by atoms with Gasteiger partial charge in [-0.2, -0.15) is 0 Å². The molecule has 6 nitrogen and oxygen atoms in total. The number of hydrogen-bond donors (Lipinski definition) is 0. The fourth-order valence-corrected chi connectivity index (χ4v) is 1.62. The summed E-state index contributed by atoms with van der Waals surface area (Å²) in [6, 6.07) is 8.57. The van der Waals surface area contributed by atoms with E-state index in [0.717, 1.165) is 18.2 Å². The fraction of sp³-hybridized carbons (Fsp3) is 0.0714. The van der Waals surface area contributed by atoms with Crippen molar-refractivity contribution >= 4 is 11.7 Å². The summed E-state index contributed by atoms with van der Waals surface area (Å²) in [5.74, 6) is -1.02. The van der Waals surface area contributed by atoms with Crippen LogP contribution in [-0.2, 0) is 4.74 Å². The third-order valence-corrected chi connectivity index (χ3v) is 2.62. The van der Waals surface area contributed by atoms with Crippen molar-refractivity contribution in [2.24, 2.45) is 0 Å². The molecule has 21 heavy (non-hydrogen) atoms. The Morgan fingerprint density at radius 3 is 2.43 bits per heavy atom. The first-order valence-corrected chi connectivity index (χ1v) is 5.81. The lowest BCUT2D eigenvalue weighted by atomic mass is 10.2. The SMILES string of the molecule is COC(=O)c1ccc([N+](=O)[O-])c(Oc2ccc(F)cc2)c1. The topological polar surface area (TPSA) is 78.7 Å². The molecule has 0 bridgehead atoms. The van der Waals surface area contributed by atoms with Crippen molar-refractivity contribution in [3.8, 4) is 11.5 Å². The molecule has 0 saturated carbocycles. The molecule has 0 saturated heterocycles. The van der Waals surface area contributed by atoms with Crippen molar-refractivity contribution in [2.75, 3.05) is 7.11 Å². The number of esters is 1. The third kappa shape index (κ3) is 3.33. The minimum atomic E-state index is -0.645. The number of ether oxygens (including phenoxy) is 2. The maximum absolute atomic E-state index is 12.8. The van der Waals surface area contributed by atoms with Gasteiger partial charge in [-0.15, -0.1) is 0 Å². The van der Waals surface area contributed by atoms with Crippen LogP contribution in [0.4, 0.5) is 10.1 Å². The maximum atomic E-state index is 12.8. The molecule has 0 aliphatic rings. The van der Waals surface area contributed by atoms with Crippen LogP contribution in [0.2, 0.25) is 0 Å². The van der Waals surface area contributed by atoms with Gasteiger partial charge in [0.1, 0.15) is 11.6 Å². The maximum Gasteiger partial charge on any atom is 0.337 e. The minimum Gasteiger partial charge on any atom is -0.465 e. The molecule has 0 aromatic heterocycles. The number of nitro groups is 1. The van der Waals surface area contributed by atoms with E-state index in [-0.39, 0.29) is 22.7 Å². The number of nitro benzene ring substituents is 1. The molecular weight excluding hydrogens is 281 g/mol. The summed E-state index contributed by atoms with van der Waals surface area (Å²) in [7, 11) is 1.20. The molecule has 0 aliphatic heterocycles. The summed E-state index contributed by atoms with van der Waals surface area (Å²) in [4.78, 5) is 21.8. The van der Waals surface area contributed by atoms with Gasteiger partial charge >= 0.3 is 11.7 Å². The quantitative estimate of drug-likeness (QED) is 0.490. The van der Waals surface area contributed by atoms with Crippen molar-refractivity contribution in [3.63, 3.8) is 0 Å². The van der Waals surface area contributed by atoms with E-state index in [2.05, 4.69) is 4.74 Å². The van der Waals surface area contributed by atoms with Gasteiger partial charge in [0.2, 0.25) is 5.75 Å². The highest BCUT2D eigenvalue weighted by atomic mass is 19.1. The van der Waals surface area contributed by atoms with Gasteiger partial charge in [-0.1, -0.05) is 0 Å². The van der Waals surface area contributed by atoms with Gasteiger partial charge in [0.15, 0.2) is 0 Å². The van der Waals surface area contributed by atoms with E-state index in [1.165, 1.54) is 31.4 Å². The Balaban J connectivity index is 2.40. The van der Waals surface area contributed by atoms with E-state index in [1.807, 2.05) is 0 Å². The number of methoxy groups -OCH3 is 1. The van der Waals surface area contributed by atoms with Crippen LogP contribution in [0.1, 0.15) is 10.4 Å². The number of carbonyl (C=O) groups excluding carboxylic acids is 1. The number of carbonyl (C=O) groups is 1. The third-order valence-electron chi connectivity index (χ3n) is 2.62. The number of rotatable bonds is 4. The summed E-state index contributed by atoms with van der Waals surface area (Å²) in [5, 5.41) is 11.0. The predicted molar refractivity (Wildman–Crippen MR) is 70.9 cm³/mol. The highest BCUT2D eigenvalue weighted by Gasteiger charge is 2.19. The van der Waals surface area contributed by atoms with E-state index in [1.54, 1.807) is 0 Å². The fourth-order valence-electron chi connectivity index (χ4n) is 1.62. The predicted octanol–water partition coefficient (Wildman–Crippen LogP) is 3.31. The normalized spacial score (nSPS) is 10.0. The van der Waals surface area contributed by atoms with Crippen LogP contribution in [0.3, 0.4) is 0 Å². The molecule has 0 atom stereocenters. The zero-order valence-corrected chi connectivity index (χ0v) is 10.9. The van der Waals surface area contributed by atoms with Gasteiger partial charge in [-0.25, -0.2) is 9.18 Å². The van der Waals surface area contributed by atoms with Crippen molar-refractivity contribution in [1.29, 1.82) is 0 Å². The molecule has 2 aromatic carbocycles. The van der Waals surface area contributed by atoms with E-state index in [0.29, 0.717) is 0 Å². The molecule has 0 heterocycles. The Kier molecular flexibility index (Phi) is 4.13. The minimum absolute atomic E-state index is 0.111. The van der Waals surface area contributed by atoms with Crippen LogP contribution < -0.4 is 4.74 Å². The van der Waals surface area contributed by atoms with Gasteiger partial charge in [0.05, 0.1) is 17.6 Å². The number of halogens is 1. The van der Waals surface area contributed by atoms with Gasteiger partial charge < -0.3 is 9.47 Å². The lowest BCUT2D eigenvalue weighted by Gasteiger charge is -2.07. The first kappa shape index (κ1) is 14.4. The molecule has 0 spiro atoms. The summed E-state index contributed by atoms with van der Waals surface area (Å²) in [6.45, 7) is 0. The molecule has 108 valence electrons. The number of hydrogen-bond acceptors (Lipinski definition) is 5. The Morgan fingerprint density at radius 2 is 1.86 bits per heavy atom. The van der Waals surface area contributed by atoms with Crippen molar-refractivity contribution in [3.05, 3.63) is 64.0 Å². The van der Waals surface area contributed by atoms with Gasteiger partial charge in [-0.3, -0.25) is 10.1 Å². The van der Waals surface area contributed by atoms with Crippen LogP contribution in [0.25, 0.3) is 0 Å². The van der Waals surface area contributed by atoms with E-state index < -0.39 is 16.7 Å². The Morgan fingerprint density at radius 1 is 1.19 bits per heavy atom.